The molecule has 10 nitrogen and oxygen atoms in total. The van der Waals surface area contributed by atoms with Crippen molar-refractivity contribution >= 4 is 96.0 Å². The number of aryl methyl sites for hydroxylation is 2. The highest BCUT2D eigenvalue weighted by atomic mass is 33.1. The number of likely N-dealkylation sites (N-methyl/N-ethyl adjacent to an activating group) is 1. The SMILES string of the molecule is C/N=C(\C=C\c1c(C)n(CC(=O)NCCSSCCNC(=O)Cn2c(C)c(/C=C/c3n(C)c4ccccc4[n+]3C)c3ccccc32)c2ccccc12)N(C)c1ccccc1. The van der Waals surface area contributed by atoms with Crippen molar-refractivity contribution in [2.75, 3.05) is 43.6 Å². The van der Waals surface area contributed by atoms with Gasteiger partial charge in [-0.05, 0) is 68.5 Å². The van der Waals surface area contributed by atoms with E-state index >= 15 is 0 Å². The van der Waals surface area contributed by atoms with Gasteiger partial charge >= 0.3 is 0 Å². The number of nitrogens with zero attached hydrogens (tertiary/aromatic N) is 6. The molecule has 0 aliphatic carbocycles. The second-order valence-corrected chi connectivity index (χ2v) is 17.4. The molecule has 0 fully saturated rings. The molecule has 0 spiro atoms. The maximum Gasteiger partial charge on any atom is 0.281 e. The summed E-state index contributed by atoms with van der Waals surface area (Å²) in [6, 6.07) is 35.0. The van der Waals surface area contributed by atoms with Gasteiger partial charge < -0.3 is 24.7 Å². The second-order valence-electron chi connectivity index (χ2n) is 14.7. The van der Waals surface area contributed by atoms with E-state index in [1.54, 1.807) is 28.6 Å². The molecule has 0 atom stereocenters. The Kier molecular flexibility index (Phi) is 13.6. The molecule has 308 valence electrons. The largest absolute Gasteiger partial charge is 0.354 e. The molecular weight excluding hydrogens is 785 g/mol. The van der Waals surface area contributed by atoms with Crippen LogP contribution in [0.2, 0.25) is 0 Å². The van der Waals surface area contributed by atoms with Gasteiger partial charge in [0.05, 0.1) is 14.1 Å². The molecule has 0 bridgehead atoms. The Bertz CT molecular complexity index is 2700. The standard InChI is InChI=1S/C48H52N8O2S2/c1-34-37(24-26-45(49-3)52(4)36-16-8-7-9-17-36)39-18-10-12-20-41(39)55(34)32-46(57)50-28-30-59-60-31-29-51-47(58)33-56-35(2)38(40-19-11-13-21-42(40)56)25-27-48-53(5)43-22-14-15-23-44(43)54(48)6/h7-27H,28-33H2,1-6H3,(H-,50,51,57,58)/p+1/b26-24+,49-45+. The van der Waals surface area contributed by atoms with Crippen LogP contribution in [0.3, 0.4) is 0 Å². The third kappa shape index (κ3) is 9.09. The van der Waals surface area contributed by atoms with Crippen LogP contribution < -0.4 is 20.1 Å². The van der Waals surface area contributed by atoms with Gasteiger partial charge in [0.25, 0.3) is 5.82 Å². The van der Waals surface area contributed by atoms with E-state index in [0.29, 0.717) is 13.1 Å². The second kappa shape index (κ2) is 19.4. The number of nitrogens with one attached hydrogen (secondary N) is 2. The predicted molar refractivity (Wildman–Crippen MR) is 255 cm³/mol. The summed E-state index contributed by atoms with van der Waals surface area (Å²) in [5.74, 6) is 3.41. The molecule has 3 heterocycles. The van der Waals surface area contributed by atoms with Crippen LogP contribution in [-0.4, -0.2) is 70.0 Å². The Morgan fingerprint density at radius 3 is 1.75 bits per heavy atom. The van der Waals surface area contributed by atoms with Crippen LogP contribution in [0.5, 0.6) is 0 Å². The quantitative estimate of drug-likeness (QED) is 0.0337. The molecule has 60 heavy (non-hydrogen) atoms. The van der Waals surface area contributed by atoms with Crippen molar-refractivity contribution in [2.45, 2.75) is 26.9 Å². The number of carbonyl (C=O) groups excluding carboxylic acids is 2. The number of hydrogen-bond donors (Lipinski definition) is 2. The number of amidine groups is 1. The molecule has 0 radical (unpaired) electrons. The predicted octanol–water partition coefficient (Wildman–Crippen LogP) is 8.19. The number of amides is 2. The molecule has 0 saturated heterocycles. The van der Waals surface area contributed by atoms with Crippen LogP contribution in [0.1, 0.15) is 28.3 Å². The third-order valence-electron chi connectivity index (χ3n) is 11.1. The third-order valence-corrected chi connectivity index (χ3v) is 13.5. The van der Waals surface area contributed by atoms with E-state index in [2.05, 4.69) is 146 Å². The van der Waals surface area contributed by atoms with Crippen LogP contribution >= 0.6 is 21.6 Å². The van der Waals surface area contributed by atoms with Gasteiger partial charge in [0.15, 0.2) is 11.0 Å². The minimum atomic E-state index is -0.0270. The van der Waals surface area contributed by atoms with Crippen molar-refractivity contribution in [1.82, 2.24) is 24.3 Å². The Labute approximate surface area is 360 Å². The first-order valence-corrected chi connectivity index (χ1v) is 22.6. The first kappa shape index (κ1) is 42.2. The molecule has 2 N–H and O–H groups in total. The summed E-state index contributed by atoms with van der Waals surface area (Å²) in [6.07, 6.45) is 8.45. The lowest BCUT2D eigenvalue weighted by Gasteiger charge is -2.18. The van der Waals surface area contributed by atoms with Crippen LogP contribution in [0.4, 0.5) is 5.69 Å². The van der Waals surface area contributed by atoms with Gasteiger partial charge in [-0.25, -0.2) is 9.13 Å². The fourth-order valence-electron chi connectivity index (χ4n) is 7.89. The zero-order valence-electron chi connectivity index (χ0n) is 35.2. The van der Waals surface area contributed by atoms with Crippen LogP contribution in [0, 0.1) is 13.8 Å². The van der Waals surface area contributed by atoms with Crippen molar-refractivity contribution < 1.29 is 14.2 Å². The first-order valence-electron chi connectivity index (χ1n) is 20.2. The van der Waals surface area contributed by atoms with Gasteiger partial charge in [0.1, 0.15) is 18.9 Å². The molecular formula is C48H53N8O2S2+. The molecule has 7 aromatic rings. The van der Waals surface area contributed by atoms with Crippen molar-refractivity contribution in [3.63, 3.8) is 0 Å². The van der Waals surface area contributed by atoms with E-state index in [0.717, 1.165) is 73.2 Å². The fraction of sp³-hybridized carbons (Fsp3) is 0.250. The molecule has 7 rings (SSSR count). The van der Waals surface area contributed by atoms with E-state index in [-0.39, 0.29) is 24.9 Å². The summed E-state index contributed by atoms with van der Waals surface area (Å²) in [4.78, 5) is 32.9. The minimum Gasteiger partial charge on any atom is -0.354 e. The number of anilines is 1. The van der Waals surface area contributed by atoms with Crippen molar-refractivity contribution in [2.24, 2.45) is 19.1 Å². The maximum atomic E-state index is 13.2. The summed E-state index contributed by atoms with van der Waals surface area (Å²) < 4.78 is 8.59. The number of imidazole rings is 1. The lowest BCUT2D eigenvalue weighted by Crippen LogP contribution is -2.30. The average molecular weight is 838 g/mol. The number of aromatic nitrogens is 4. The topological polar surface area (TPSA) is 92.5 Å². The summed E-state index contributed by atoms with van der Waals surface area (Å²) in [5.41, 5.74) is 9.73. The number of rotatable bonds is 16. The normalized spacial score (nSPS) is 12.1. The molecule has 3 aromatic heterocycles. The zero-order valence-corrected chi connectivity index (χ0v) is 36.8. The number of benzene rings is 4. The molecule has 0 aliphatic rings. The van der Waals surface area contributed by atoms with Crippen molar-refractivity contribution in [3.8, 4) is 0 Å². The Hall–Kier alpha value is -5.98. The van der Waals surface area contributed by atoms with Gasteiger partial charge in [-0.2, -0.15) is 0 Å². The first-order chi connectivity index (χ1) is 29.2. The molecule has 0 aliphatic heterocycles. The lowest BCUT2D eigenvalue weighted by molar-refractivity contribution is -0.647. The Morgan fingerprint density at radius 1 is 0.700 bits per heavy atom. The average Bonchev–Trinajstić information content (AvgIpc) is 3.79. The molecule has 0 saturated carbocycles. The van der Waals surface area contributed by atoms with Crippen molar-refractivity contribution in [3.05, 3.63) is 138 Å². The number of fused-ring (bicyclic) bond motifs is 3. The van der Waals surface area contributed by atoms with Gasteiger partial charge in [0, 0.05) is 94.8 Å². The van der Waals surface area contributed by atoms with E-state index in [9.17, 15) is 9.59 Å². The highest BCUT2D eigenvalue weighted by Crippen LogP contribution is 2.29. The van der Waals surface area contributed by atoms with E-state index in [1.165, 1.54) is 11.0 Å². The summed E-state index contributed by atoms with van der Waals surface area (Å²) in [6.45, 7) is 5.76. The number of hydrogen-bond acceptors (Lipinski definition) is 5. The smallest absolute Gasteiger partial charge is 0.281 e. The van der Waals surface area contributed by atoms with Crippen LogP contribution in [0.15, 0.2) is 114 Å². The zero-order chi connectivity index (χ0) is 42.2. The summed E-state index contributed by atoms with van der Waals surface area (Å²) in [7, 11) is 11.4. The van der Waals surface area contributed by atoms with E-state index in [4.69, 9.17) is 0 Å². The molecule has 12 heteroatoms. The molecule has 0 unspecified atom stereocenters. The number of aliphatic imine (C=N–C) groups is 1. The van der Waals surface area contributed by atoms with Crippen LogP contribution in [-0.2, 0) is 36.8 Å². The van der Waals surface area contributed by atoms with Gasteiger partial charge in [-0.15, -0.1) is 0 Å². The monoisotopic (exact) mass is 837 g/mol. The maximum absolute atomic E-state index is 13.2. The Balaban J connectivity index is 0.869. The number of para-hydroxylation sites is 5. The summed E-state index contributed by atoms with van der Waals surface area (Å²) in [5, 5.41) is 8.42. The van der Waals surface area contributed by atoms with Crippen molar-refractivity contribution in [1.29, 1.82) is 0 Å². The lowest BCUT2D eigenvalue weighted by atomic mass is 10.1. The molecule has 4 aromatic carbocycles. The highest BCUT2D eigenvalue weighted by Gasteiger charge is 2.19. The summed E-state index contributed by atoms with van der Waals surface area (Å²) >= 11 is 0. The van der Waals surface area contributed by atoms with E-state index in [1.807, 2.05) is 55.6 Å². The van der Waals surface area contributed by atoms with Crippen LogP contribution in [0.25, 0.3) is 51.1 Å². The highest BCUT2D eigenvalue weighted by molar-refractivity contribution is 8.76. The fourth-order valence-corrected chi connectivity index (χ4v) is 9.70. The Morgan fingerprint density at radius 2 is 1.20 bits per heavy atom. The van der Waals surface area contributed by atoms with Gasteiger partial charge in [-0.1, -0.05) is 88.3 Å². The van der Waals surface area contributed by atoms with Gasteiger partial charge in [0.2, 0.25) is 11.8 Å². The minimum absolute atomic E-state index is 0.0164. The van der Waals surface area contributed by atoms with E-state index < -0.39 is 0 Å². The number of carbonyl (C=O) groups is 2. The van der Waals surface area contributed by atoms with Gasteiger partial charge in [-0.3, -0.25) is 14.6 Å². The molecule has 2 amide bonds.